The van der Waals surface area contributed by atoms with Gasteiger partial charge in [0.25, 0.3) is 5.91 Å². The number of amides is 2. The van der Waals surface area contributed by atoms with E-state index < -0.39 is 5.60 Å². The first-order valence-corrected chi connectivity index (χ1v) is 9.43. The van der Waals surface area contributed by atoms with Gasteiger partial charge in [0, 0.05) is 38.4 Å². The van der Waals surface area contributed by atoms with Crippen LogP contribution < -0.4 is 5.32 Å². The van der Waals surface area contributed by atoms with Gasteiger partial charge >= 0.3 is 6.09 Å². The summed E-state index contributed by atoms with van der Waals surface area (Å²) < 4.78 is 5.39. The number of hydrogen-bond donors (Lipinski definition) is 1. The lowest BCUT2D eigenvalue weighted by atomic mass is 10.1. The highest BCUT2D eigenvalue weighted by molar-refractivity contribution is 5.97. The van der Waals surface area contributed by atoms with Crippen LogP contribution in [0.5, 0.6) is 0 Å². The molecule has 0 aromatic rings. The van der Waals surface area contributed by atoms with Crippen molar-refractivity contribution in [1.29, 1.82) is 5.26 Å². The van der Waals surface area contributed by atoms with E-state index in [1.807, 2.05) is 26.8 Å². The maximum Gasteiger partial charge on any atom is 0.410 e. The first kappa shape index (κ1) is 20.1. The van der Waals surface area contributed by atoms with E-state index in [-0.39, 0.29) is 23.6 Å². The van der Waals surface area contributed by atoms with E-state index in [2.05, 4.69) is 5.32 Å². The zero-order valence-electron chi connectivity index (χ0n) is 16.1. The van der Waals surface area contributed by atoms with Crippen LogP contribution in [0, 0.1) is 11.3 Å². The molecule has 2 fully saturated rings. The van der Waals surface area contributed by atoms with Crippen LogP contribution in [0.25, 0.3) is 0 Å². The number of likely N-dealkylation sites (tertiary alicyclic amines) is 2. The molecule has 2 amide bonds. The largest absolute Gasteiger partial charge is 0.444 e. The van der Waals surface area contributed by atoms with Crippen molar-refractivity contribution in [1.82, 2.24) is 15.1 Å². The monoisotopic (exact) mass is 362 g/mol. The average Bonchev–Trinajstić information content (AvgIpc) is 2.62. The van der Waals surface area contributed by atoms with Crippen LogP contribution in [0.3, 0.4) is 0 Å². The molecule has 0 radical (unpaired) electrons. The van der Waals surface area contributed by atoms with Crippen molar-refractivity contribution in [2.24, 2.45) is 0 Å². The molecule has 0 spiro atoms. The quantitative estimate of drug-likeness (QED) is 0.615. The van der Waals surface area contributed by atoms with Crippen LogP contribution in [-0.2, 0) is 9.53 Å². The number of hydrogen-bond acceptors (Lipinski definition) is 5. The van der Waals surface area contributed by atoms with Gasteiger partial charge in [0.1, 0.15) is 17.2 Å². The molecule has 2 aliphatic rings. The Morgan fingerprint density at radius 1 is 1.08 bits per heavy atom. The van der Waals surface area contributed by atoms with Gasteiger partial charge in [-0.05, 0) is 52.9 Å². The Bertz CT molecular complexity index is 575. The van der Waals surface area contributed by atoms with Gasteiger partial charge < -0.3 is 19.9 Å². The first-order chi connectivity index (χ1) is 12.3. The topological polar surface area (TPSA) is 85.7 Å². The number of ether oxygens (including phenoxy) is 1. The number of carbonyl (C=O) groups excluding carboxylic acids is 2. The van der Waals surface area contributed by atoms with Crippen molar-refractivity contribution in [2.45, 2.75) is 64.5 Å². The molecule has 7 nitrogen and oxygen atoms in total. The van der Waals surface area contributed by atoms with Gasteiger partial charge in [0.15, 0.2) is 0 Å². The Balaban J connectivity index is 1.82. The van der Waals surface area contributed by atoms with Crippen molar-refractivity contribution in [3.63, 3.8) is 0 Å². The molecule has 1 N–H and O–H groups in total. The molecule has 144 valence electrons. The molecule has 0 unspecified atom stereocenters. The second-order valence-electron chi connectivity index (χ2n) is 7.93. The molecule has 0 atom stereocenters. The molecule has 26 heavy (non-hydrogen) atoms. The normalized spacial score (nSPS) is 19.7. The molecule has 0 aromatic heterocycles. The number of nitrogens with zero attached hydrogens (tertiary/aromatic N) is 3. The van der Waals surface area contributed by atoms with E-state index in [4.69, 9.17) is 4.74 Å². The molecular weight excluding hydrogens is 332 g/mol. The van der Waals surface area contributed by atoms with Gasteiger partial charge in [-0.3, -0.25) is 4.79 Å². The van der Waals surface area contributed by atoms with Crippen LogP contribution in [0.2, 0.25) is 0 Å². The summed E-state index contributed by atoms with van der Waals surface area (Å²) in [6.07, 6.45) is 5.92. The summed E-state index contributed by atoms with van der Waals surface area (Å²) in [5, 5.41) is 12.5. The Hall–Kier alpha value is -2.23. The fraction of sp³-hybridized carbons (Fsp3) is 0.737. The van der Waals surface area contributed by atoms with Gasteiger partial charge in [-0.1, -0.05) is 0 Å². The Morgan fingerprint density at radius 2 is 1.69 bits per heavy atom. The second kappa shape index (κ2) is 8.93. The summed E-state index contributed by atoms with van der Waals surface area (Å²) in [5.41, 5.74) is -0.340. The van der Waals surface area contributed by atoms with E-state index in [9.17, 15) is 14.9 Å². The standard InChI is InChI=1S/C19H30N4O3/c1-19(2,3)26-18(25)23-11-7-16(8-12-23)21-14-15(13-20)17(24)22-9-5-4-6-10-22/h14,16,21H,4-12H2,1-3H3/b15-14-. The smallest absolute Gasteiger partial charge is 0.410 e. The number of nitrogens with one attached hydrogen (secondary N) is 1. The maximum atomic E-state index is 12.4. The zero-order chi connectivity index (χ0) is 19.2. The van der Waals surface area contributed by atoms with Crippen LogP contribution in [0.1, 0.15) is 52.9 Å². The van der Waals surface area contributed by atoms with Crippen molar-refractivity contribution >= 4 is 12.0 Å². The third kappa shape index (κ3) is 5.94. The predicted octanol–water partition coefficient (Wildman–Crippen LogP) is 2.40. The highest BCUT2D eigenvalue weighted by Crippen LogP contribution is 2.16. The molecule has 0 saturated carbocycles. The van der Waals surface area contributed by atoms with Gasteiger partial charge in [-0.15, -0.1) is 0 Å². The fourth-order valence-electron chi connectivity index (χ4n) is 3.17. The number of piperidine rings is 2. The summed E-state index contributed by atoms with van der Waals surface area (Å²) >= 11 is 0. The highest BCUT2D eigenvalue weighted by Gasteiger charge is 2.27. The molecule has 2 aliphatic heterocycles. The minimum Gasteiger partial charge on any atom is -0.444 e. The van der Waals surface area contributed by atoms with E-state index in [1.54, 1.807) is 16.0 Å². The summed E-state index contributed by atoms with van der Waals surface area (Å²) in [6, 6.07) is 2.16. The summed E-state index contributed by atoms with van der Waals surface area (Å²) in [4.78, 5) is 27.9. The van der Waals surface area contributed by atoms with Crippen LogP contribution in [0.15, 0.2) is 11.8 Å². The molecule has 2 saturated heterocycles. The Labute approximate surface area is 156 Å². The summed E-state index contributed by atoms with van der Waals surface area (Å²) in [6.45, 7) is 8.22. The highest BCUT2D eigenvalue weighted by atomic mass is 16.6. The molecule has 0 bridgehead atoms. The summed E-state index contributed by atoms with van der Waals surface area (Å²) in [5.74, 6) is -0.189. The van der Waals surface area contributed by atoms with Crippen LogP contribution in [0.4, 0.5) is 4.79 Å². The minimum absolute atomic E-state index is 0.145. The number of rotatable bonds is 3. The minimum atomic E-state index is -0.495. The molecule has 2 rings (SSSR count). The van der Waals surface area contributed by atoms with E-state index >= 15 is 0 Å². The lowest BCUT2D eigenvalue weighted by molar-refractivity contribution is -0.127. The van der Waals surface area contributed by atoms with Crippen molar-refractivity contribution < 1.29 is 14.3 Å². The lowest BCUT2D eigenvalue weighted by Gasteiger charge is -2.33. The SMILES string of the molecule is CC(C)(C)OC(=O)N1CCC(N/C=C(/C#N)C(=O)N2CCCCC2)CC1. The third-order valence-electron chi connectivity index (χ3n) is 4.60. The first-order valence-electron chi connectivity index (χ1n) is 9.43. The average molecular weight is 362 g/mol. The molecule has 7 heteroatoms. The van der Waals surface area contributed by atoms with E-state index in [0.717, 1.165) is 45.2 Å². The zero-order valence-corrected chi connectivity index (χ0v) is 16.1. The van der Waals surface area contributed by atoms with Gasteiger partial charge in [-0.25, -0.2) is 4.79 Å². The predicted molar refractivity (Wildman–Crippen MR) is 98.1 cm³/mol. The lowest BCUT2D eigenvalue weighted by Crippen LogP contribution is -2.45. The van der Waals surface area contributed by atoms with Crippen molar-refractivity contribution in [3.8, 4) is 6.07 Å². The number of carbonyl (C=O) groups is 2. The molecule has 0 aromatic carbocycles. The number of nitriles is 1. The third-order valence-corrected chi connectivity index (χ3v) is 4.60. The molecule has 0 aliphatic carbocycles. The van der Waals surface area contributed by atoms with Crippen LogP contribution in [-0.4, -0.2) is 59.6 Å². The molecular formula is C19H30N4O3. The van der Waals surface area contributed by atoms with Crippen molar-refractivity contribution in [2.75, 3.05) is 26.2 Å². The van der Waals surface area contributed by atoms with Crippen molar-refractivity contribution in [3.05, 3.63) is 11.8 Å². The van der Waals surface area contributed by atoms with Gasteiger partial charge in [0.2, 0.25) is 0 Å². The van der Waals surface area contributed by atoms with E-state index in [0.29, 0.717) is 13.1 Å². The Kier molecular flexibility index (Phi) is 6.90. The Morgan fingerprint density at radius 3 is 2.23 bits per heavy atom. The van der Waals surface area contributed by atoms with Gasteiger partial charge in [-0.2, -0.15) is 5.26 Å². The molecule has 2 heterocycles. The van der Waals surface area contributed by atoms with E-state index in [1.165, 1.54) is 0 Å². The van der Waals surface area contributed by atoms with Gasteiger partial charge in [0.05, 0.1) is 0 Å². The summed E-state index contributed by atoms with van der Waals surface area (Å²) in [7, 11) is 0. The maximum absolute atomic E-state index is 12.4. The van der Waals surface area contributed by atoms with Crippen LogP contribution >= 0.6 is 0 Å². The second-order valence-corrected chi connectivity index (χ2v) is 7.93. The fourth-order valence-corrected chi connectivity index (χ4v) is 3.17.